The highest BCUT2D eigenvalue weighted by Crippen LogP contribution is 2.20. The summed E-state index contributed by atoms with van der Waals surface area (Å²) >= 11 is 2.15. The maximum Gasteiger partial charge on any atom is 0.178 e. The number of pyridine rings is 1. The van der Waals surface area contributed by atoms with Crippen LogP contribution in [0.3, 0.4) is 0 Å². The topological polar surface area (TPSA) is 53.6 Å². The van der Waals surface area contributed by atoms with Crippen molar-refractivity contribution in [3.63, 3.8) is 0 Å². The van der Waals surface area contributed by atoms with E-state index in [2.05, 4.69) is 43.1 Å². The van der Waals surface area contributed by atoms with E-state index in [0.717, 1.165) is 22.5 Å². The van der Waals surface area contributed by atoms with Crippen molar-refractivity contribution >= 4 is 45.1 Å². The molecule has 0 saturated heterocycles. The van der Waals surface area contributed by atoms with E-state index in [0.29, 0.717) is 0 Å². The lowest BCUT2D eigenvalue weighted by molar-refractivity contribution is 1.12. The van der Waals surface area contributed by atoms with Crippen LogP contribution in [-0.4, -0.2) is 20.1 Å². The zero-order chi connectivity index (χ0) is 12.8. The first-order valence-corrected chi connectivity index (χ1v) is 7.58. The number of aromatic amines is 1. The Balaban J connectivity index is 0.000000866. The molecule has 0 spiro atoms. The molecule has 4 nitrogen and oxygen atoms in total. The molecule has 0 atom stereocenters. The van der Waals surface area contributed by atoms with Crippen LogP contribution in [0.15, 0.2) is 48.7 Å². The maximum atomic E-state index is 4.28. The Hall–Kier alpha value is -1.63. The zero-order valence-electron chi connectivity index (χ0n) is 9.89. The van der Waals surface area contributed by atoms with Crippen molar-refractivity contribution in [3.8, 4) is 0 Å². The van der Waals surface area contributed by atoms with Crippen LogP contribution < -0.4 is 5.32 Å². The molecule has 0 unspecified atom stereocenters. The zero-order valence-corrected chi connectivity index (χ0v) is 12.0. The Labute approximate surface area is 122 Å². The van der Waals surface area contributed by atoms with E-state index in [1.807, 2.05) is 47.4 Å². The molecule has 0 saturated carbocycles. The number of aromatic nitrogens is 3. The number of nitrogens with one attached hydrogen (secondary N) is 2. The van der Waals surface area contributed by atoms with Crippen molar-refractivity contribution in [1.82, 2.24) is 15.2 Å². The number of benzene rings is 1. The summed E-state index contributed by atoms with van der Waals surface area (Å²) in [6.45, 7) is 0. The average molecular weight is 356 g/mol. The van der Waals surface area contributed by atoms with Gasteiger partial charge in [-0.15, -0.1) is 0 Å². The fourth-order valence-corrected chi connectivity index (χ4v) is 1.60. The molecule has 1 aromatic carbocycles. The lowest BCUT2D eigenvalue weighted by atomic mass is 10.3. The molecule has 96 valence electrons. The molecular formula is C13H17IN4. The summed E-state index contributed by atoms with van der Waals surface area (Å²) in [5.41, 5.74) is 2.79. The minimum absolute atomic E-state index is 0. The number of fused-ring (bicyclic) bond motifs is 1. The molecule has 0 fully saturated rings. The minimum Gasteiger partial charge on any atom is -0.337 e. The fourth-order valence-electron chi connectivity index (χ4n) is 1.60. The highest BCUT2D eigenvalue weighted by molar-refractivity contribution is 14.1. The van der Waals surface area contributed by atoms with Crippen LogP contribution in [-0.2, 0) is 0 Å². The third-order valence-corrected chi connectivity index (χ3v) is 2.36. The summed E-state index contributed by atoms with van der Waals surface area (Å²) in [4.78, 5) is 6.25. The predicted molar refractivity (Wildman–Crippen MR) is 87.8 cm³/mol. The molecule has 2 N–H and O–H groups in total. The van der Waals surface area contributed by atoms with E-state index in [4.69, 9.17) is 0 Å². The summed E-state index contributed by atoms with van der Waals surface area (Å²) in [5, 5.41) is 10.3. The van der Waals surface area contributed by atoms with E-state index in [9.17, 15) is 0 Å². The first kappa shape index (κ1) is 12.8. The first-order valence-electron chi connectivity index (χ1n) is 5.42. The van der Waals surface area contributed by atoms with Gasteiger partial charge in [-0.2, -0.15) is 5.10 Å². The molecule has 0 aliphatic carbocycles. The summed E-state index contributed by atoms with van der Waals surface area (Å²) in [6, 6.07) is 13.7. The highest BCUT2D eigenvalue weighted by Gasteiger charge is 2.05. The van der Waals surface area contributed by atoms with Crippen LogP contribution >= 0.6 is 22.6 Å². The van der Waals surface area contributed by atoms with E-state index in [-0.39, 0.29) is 2.85 Å². The van der Waals surface area contributed by atoms with Gasteiger partial charge in [-0.05, 0) is 29.2 Å². The molecule has 0 aliphatic heterocycles. The van der Waals surface area contributed by atoms with Gasteiger partial charge in [0.25, 0.3) is 0 Å². The molecule has 3 aromatic rings. The predicted octanol–water partition coefficient (Wildman–Crippen LogP) is 4.24. The number of H-pyrrole nitrogens is 1. The summed E-state index contributed by atoms with van der Waals surface area (Å²) in [5.74, 6) is 0.752. The quantitative estimate of drug-likeness (QED) is 0.533. The molecule has 0 radical (unpaired) electrons. The van der Waals surface area contributed by atoms with E-state index < -0.39 is 0 Å². The average Bonchev–Trinajstić information content (AvgIpc) is 2.86. The van der Waals surface area contributed by atoms with Crippen molar-refractivity contribution in [2.45, 2.75) is 0 Å². The smallest absolute Gasteiger partial charge is 0.178 e. The van der Waals surface area contributed by atoms with Gasteiger partial charge in [0.2, 0.25) is 0 Å². The molecule has 5 heteroatoms. The fraction of sp³-hybridized carbons (Fsp3) is 0.0769. The first-order chi connectivity index (χ1) is 8.93. The Morgan fingerprint density at radius 3 is 2.67 bits per heavy atom. The lowest BCUT2D eigenvalue weighted by Crippen LogP contribution is -1.90. The van der Waals surface area contributed by atoms with Gasteiger partial charge in [0, 0.05) is 14.7 Å². The molecule has 0 aliphatic rings. The number of hydrogen-bond donors (Lipinski definition) is 2. The van der Waals surface area contributed by atoms with Gasteiger partial charge in [-0.1, -0.05) is 40.8 Å². The second-order valence-corrected chi connectivity index (χ2v) is 3.46. The van der Waals surface area contributed by atoms with E-state index in [1.54, 1.807) is 6.20 Å². The number of hydrogen-bond acceptors (Lipinski definition) is 3. The molecule has 18 heavy (non-hydrogen) atoms. The Bertz CT molecular complexity index is 616. The van der Waals surface area contributed by atoms with Crippen molar-refractivity contribution in [3.05, 3.63) is 48.7 Å². The van der Waals surface area contributed by atoms with Gasteiger partial charge in [-0.3, -0.25) is 10.1 Å². The van der Waals surface area contributed by atoms with Gasteiger partial charge >= 0.3 is 0 Å². The third kappa shape index (κ3) is 2.79. The number of halogens is 1. The van der Waals surface area contributed by atoms with Crippen molar-refractivity contribution < 1.29 is 2.85 Å². The normalized spacial score (nSPS) is 9.67. The van der Waals surface area contributed by atoms with Crippen molar-refractivity contribution in [2.24, 2.45) is 0 Å². The van der Waals surface area contributed by atoms with Gasteiger partial charge in [-0.25, -0.2) is 0 Å². The maximum absolute atomic E-state index is 4.28. The van der Waals surface area contributed by atoms with Crippen LogP contribution in [0.4, 0.5) is 11.5 Å². The van der Waals surface area contributed by atoms with Crippen LogP contribution in [0.1, 0.15) is 2.85 Å². The number of rotatable bonds is 2. The second-order valence-electron chi connectivity index (χ2n) is 3.46. The summed E-state index contributed by atoms with van der Waals surface area (Å²) in [6.07, 6.45) is 1.76. The van der Waals surface area contributed by atoms with Crippen molar-refractivity contribution in [1.29, 1.82) is 0 Å². The number of nitrogens with zero attached hydrogens (tertiary/aromatic N) is 2. The molecule has 3 rings (SSSR count). The monoisotopic (exact) mass is 356 g/mol. The standard InChI is InChI=1S/C12H10N4.CH3I.2H2/c1-2-5-9(6-3-1)14-12-11-10(15-16-12)7-4-8-13-11;1-2;;/h1-8H,(H2,14,15,16);1H3;2*1H. The van der Waals surface area contributed by atoms with Crippen LogP contribution in [0, 0.1) is 0 Å². The highest BCUT2D eigenvalue weighted by atomic mass is 127. The Kier molecular flexibility index (Phi) is 4.52. The lowest BCUT2D eigenvalue weighted by Gasteiger charge is -2.01. The second kappa shape index (κ2) is 6.34. The third-order valence-electron chi connectivity index (χ3n) is 2.36. The van der Waals surface area contributed by atoms with E-state index in [1.165, 1.54) is 0 Å². The van der Waals surface area contributed by atoms with E-state index >= 15 is 0 Å². The van der Waals surface area contributed by atoms with Gasteiger partial charge in [0.1, 0.15) is 5.52 Å². The van der Waals surface area contributed by atoms with Gasteiger partial charge in [0.15, 0.2) is 5.82 Å². The number of anilines is 2. The molecular weight excluding hydrogens is 339 g/mol. The molecule has 0 amide bonds. The van der Waals surface area contributed by atoms with Gasteiger partial charge < -0.3 is 5.32 Å². The van der Waals surface area contributed by atoms with Crippen LogP contribution in [0.2, 0.25) is 0 Å². The minimum atomic E-state index is 0. The SMILES string of the molecule is CI.[HH].[HH].c1ccc(Nc2n[nH]c3cccnc23)cc1. The summed E-state index contributed by atoms with van der Waals surface area (Å²) in [7, 11) is 0. The Morgan fingerprint density at radius 1 is 1.11 bits per heavy atom. The largest absolute Gasteiger partial charge is 0.337 e. The molecule has 2 heterocycles. The Morgan fingerprint density at radius 2 is 1.89 bits per heavy atom. The van der Waals surface area contributed by atoms with Crippen molar-refractivity contribution in [2.75, 3.05) is 10.2 Å². The molecule has 0 bridgehead atoms. The summed E-state index contributed by atoms with van der Waals surface area (Å²) < 4.78 is 0. The van der Waals surface area contributed by atoms with Crippen LogP contribution in [0.25, 0.3) is 11.0 Å². The molecule has 2 aromatic heterocycles. The van der Waals surface area contributed by atoms with Crippen LogP contribution in [0.5, 0.6) is 0 Å². The number of alkyl halides is 1. The number of para-hydroxylation sites is 1. The van der Waals surface area contributed by atoms with Gasteiger partial charge in [0.05, 0.1) is 5.52 Å².